The van der Waals surface area contributed by atoms with E-state index >= 15 is 0 Å². The van der Waals surface area contributed by atoms with Gasteiger partial charge in [0.15, 0.2) is 0 Å². The number of hydrogen-bond acceptors (Lipinski definition) is 5. The minimum absolute atomic E-state index is 0.709. The molecule has 2 aromatic rings. The molecule has 0 spiro atoms. The van der Waals surface area contributed by atoms with Crippen molar-refractivity contribution in [3.63, 3.8) is 0 Å². The highest BCUT2D eigenvalue weighted by molar-refractivity contribution is 9.10. The lowest BCUT2D eigenvalue weighted by Gasteiger charge is -2.08. The van der Waals surface area contributed by atoms with E-state index in [1.165, 1.54) is 6.33 Å². The van der Waals surface area contributed by atoms with Gasteiger partial charge in [0, 0.05) is 20.3 Å². The summed E-state index contributed by atoms with van der Waals surface area (Å²) in [5.74, 6) is 1.45. The van der Waals surface area contributed by atoms with Crippen molar-refractivity contribution in [3.05, 3.63) is 22.7 Å². The standard InChI is InChI=1S/C10H13BrN6/c1-6-7(4-17(3)16-6)15-10-8(11)9(12-2)13-5-14-10/h4-5H,1-3H3,(H2,12,13,14,15). The Labute approximate surface area is 108 Å². The topological polar surface area (TPSA) is 67.7 Å². The lowest BCUT2D eigenvalue weighted by Crippen LogP contribution is -2.00. The lowest BCUT2D eigenvalue weighted by molar-refractivity contribution is 0.756. The number of rotatable bonds is 3. The summed E-state index contributed by atoms with van der Waals surface area (Å²) in [6, 6.07) is 0. The summed E-state index contributed by atoms with van der Waals surface area (Å²) in [5, 5.41) is 10.5. The lowest BCUT2D eigenvalue weighted by atomic mass is 10.4. The van der Waals surface area contributed by atoms with Gasteiger partial charge in [-0.2, -0.15) is 5.10 Å². The molecule has 0 amide bonds. The van der Waals surface area contributed by atoms with Gasteiger partial charge in [-0.25, -0.2) is 9.97 Å². The summed E-state index contributed by atoms with van der Waals surface area (Å²) >= 11 is 3.45. The van der Waals surface area contributed by atoms with Gasteiger partial charge in [0.05, 0.1) is 11.4 Å². The predicted molar refractivity (Wildman–Crippen MR) is 70.5 cm³/mol. The first-order valence-corrected chi connectivity index (χ1v) is 5.86. The molecule has 2 aromatic heterocycles. The third-order valence-electron chi connectivity index (χ3n) is 2.29. The second-order valence-corrected chi connectivity index (χ2v) is 4.35. The van der Waals surface area contributed by atoms with E-state index in [1.807, 2.05) is 27.2 Å². The Hall–Kier alpha value is -1.63. The Balaban J connectivity index is 2.33. The summed E-state index contributed by atoms with van der Waals surface area (Å²) in [7, 11) is 3.69. The number of anilines is 3. The summed E-state index contributed by atoms with van der Waals surface area (Å²) in [4.78, 5) is 8.28. The molecular weight excluding hydrogens is 284 g/mol. The Morgan fingerprint density at radius 1 is 1.29 bits per heavy atom. The van der Waals surface area contributed by atoms with Crippen molar-refractivity contribution in [2.45, 2.75) is 6.92 Å². The Morgan fingerprint density at radius 3 is 2.59 bits per heavy atom. The van der Waals surface area contributed by atoms with E-state index in [2.05, 4.69) is 41.6 Å². The molecule has 0 unspecified atom stereocenters. The van der Waals surface area contributed by atoms with E-state index in [4.69, 9.17) is 0 Å². The molecule has 0 saturated carbocycles. The zero-order valence-corrected chi connectivity index (χ0v) is 11.4. The minimum Gasteiger partial charge on any atom is -0.372 e. The number of nitrogens with zero attached hydrogens (tertiary/aromatic N) is 4. The van der Waals surface area contributed by atoms with Crippen LogP contribution in [0.1, 0.15) is 5.69 Å². The van der Waals surface area contributed by atoms with Gasteiger partial charge in [0.2, 0.25) is 0 Å². The molecule has 0 aliphatic rings. The molecule has 0 fully saturated rings. The average molecular weight is 297 g/mol. The van der Waals surface area contributed by atoms with Crippen LogP contribution in [-0.2, 0) is 7.05 Å². The molecule has 17 heavy (non-hydrogen) atoms. The first kappa shape index (κ1) is 11.8. The number of nitrogens with one attached hydrogen (secondary N) is 2. The van der Waals surface area contributed by atoms with E-state index in [0.717, 1.165) is 21.7 Å². The largest absolute Gasteiger partial charge is 0.372 e. The Kier molecular flexibility index (Phi) is 3.28. The highest BCUT2D eigenvalue weighted by Gasteiger charge is 2.10. The normalized spacial score (nSPS) is 10.4. The molecular formula is C10H13BrN6. The molecule has 2 heterocycles. The Bertz CT molecular complexity index is 536. The van der Waals surface area contributed by atoms with E-state index in [9.17, 15) is 0 Å². The van der Waals surface area contributed by atoms with Crippen molar-refractivity contribution < 1.29 is 0 Å². The first-order valence-electron chi connectivity index (χ1n) is 5.07. The molecule has 2 rings (SSSR count). The molecule has 6 nitrogen and oxygen atoms in total. The maximum Gasteiger partial charge on any atom is 0.150 e. The second-order valence-electron chi connectivity index (χ2n) is 3.56. The molecule has 0 aromatic carbocycles. The molecule has 0 saturated heterocycles. The van der Waals surface area contributed by atoms with Gasteiger partial charge in [-0.15, -0.1) is 0 Å². The van der Waals surface area contributed by atoms with Crippen molar-refractivity contribution in [3.8, 4) is 0 Å². The summed E-state index contributed by atoms with van der Waals surface area (Å²) in [6.45, 7) is 1.94. The second kappa shape index (κ2) is 4.70. The molecule has 90 valence electrons. The van der Waals surface area contributed by atoms with Crippen LogP contribution in [-0.4, -0.2) is 26.8 Å². The van der Waals surface area contributed by atoms with Crippen molar-refractivity contribution in [1.82, 2.24) is 19.7 Å². The molecule has 0 radical (unpaired) electrons. The highest BCUT2D eigenvalue weighted by Crippen LogP contribution is 2.29. The van der Waals surface area contributed by atoms with Crippen LogP contribution in [0.15, 0.2) is 17.0 Å². The molecule has 7 heteroatoms. The molecule has 2 N–H and O–H groups in total. The van der Waals surface area contributed by atoms with Crippen LogP contribution < -0.4 is 10.6 Å². The zero-order chi connectivity index (χ0) is 12.4. The van der Waals surface area contributed by atoms with Crippen LogP contribution in [0.3, 0.4) is 0 Å². The van der Waals surface area contributed by atoms with Crippen LogP contribution in [0.25, 0.3) is 0 Å². The van der Waals surface area contributed by atoms with Crippen molar-refractivity contribution in [2.75, 3.05) is 17.7 Å². The van der Waals surface area contributed by atoms with E-state index < -0.39 is 0 Å². The van der Waals surface area contributed by atoms with Gasteiger partial charge >= 0.3 is 0 Å². The maximum absolute atomic E-state index is 4.26. The fraction of sp³-hybridized carbons (Fsp3) is 0.300. The van der Waals surface area contributed by atoms with E-state index in [1.54, 1.807) is 4.68 Å². The zero-order valence-electron chi connectivity index (χ0n) is 9.82. The smallest absolute Gasteiger partial charge is 0.150 e. The van der Waals surface area contributed by atoms with E-state index in [-0.39, 0.29) is 0 Å². The molecule has 0 aliphatic heterocycles. The third kappa shape index (κ3) is 2.38. The van der Waals surface area contributed by atoms with Crippen LogP contribution in [0.5, 0.6) is 0 Å². The number of aromatic nitrogens is 4. The minimum atomic E-state index is 0.709. The average Bonchev–Trinajstić information content (AvgIpc) is 2.60. The maximum atomic E-state index is 4.26. The Morgan fingerprint density at radius 2 is 2.00 bits per heavy atom. The predicted octanol–water partition coefficient (Wildman–Crippen LogP) is 2.07. The summed E-state index contributed by atoms with van der Waals surface area (Å²) in [6.07, 6.45) is 3.41. The van der Waals surface area contributed by atoms with Crippen LogP contribution in [0.2, 0.25) is 0 Å². The number of aryl methyl sites for hydroxylation is 2. The van der Waals surface area contributed by atoms with Crippen molar-refractivity contribution in [1.29, 1.82) is 0 Å². The molecule has 0 atom stereocenters. The SMILES string of the molecule is CNc1ncnc(Nc2cn(C)nc2C)c1Br. The highest BCUT2D eigenvalue weighted by atomic mass is 79.9. The van der Waals surface area contributed by atoms with Gasteiger partial charge in [-0.3, -0.25) is 4.68 Å². The van der Waals surface area contributed by atoms with Crippen LogP contribution >= 0.6 is 15.9 Å². The molecule has 0 bridgehead atoms. The van der Waals surface area contributed by atoms with Gasteiger partial charge in [-0.05, 0) is 22.9 Å². The van der Waals surface area contributed by atoms with Crippen LogP contribution in [0.4, 0.5) is 17.3 Å². The summed E-state index contributed by atoms with van der Waals surface area (Å²) in [5.41, 5.74) is 1.85. The van der Waals surface area contributed by atoms with Gasteiger partial charge < -0.3 is 10.6 Å². The van der Waals surface area contributed by atoms with Gasteiger partial charge in [0.25, 0.3) is 0 Å². The van der Waals surface area contributed by atoms with Crippen molar-refractivity contribution >= 4 is 33.3 Å². The van der Waals surface area contributed by atoms with Crippen molar-refractivity contribution in [2.24, 2.45) is 7.05 Å². The fourth-order valence-corrected chi connectivity index (χ4v) is 1.98. The first-order chi connectivity index (χ1) is 8.11. The quantitative estimate of drug-likeness (QED) is 0.907. The molecule has 0 aliphatic carbocycles. The van der Waals surface area contributed by atoms with Crippen LogP contribution in [0, 0.1) is 6.92 Å². The van der Waals surface area contributed by atoms with Gasteiger partial charge in [-0.1, -0.05) is 0 Å². The number of hydrogen-bond donors (Lipinski definition) is 2. The monoisotopic (exact) mass is 296 g/mol. The van der Waals surface area contributed by atoms with Gasteiger partial charge in [0.1, 0.15) is 22.4 Å². The third-order valence-corrected chi connectivity index (χ3v) is 3.04. The fourth-order valence-electron chi connectivity index (χ4n) is 1.48. The number of halogens is 1. The summed E-state index contributed by atoms with van der Waals surface area (Å²) < 4.78 is 2.55. The van der Waals surface area contributed by atoms with E-state index in [0.29, 0.717) is 5.82 Å².